The fourth-order valence-electron chi connectivity index (χ4n) is 1.82. The summed E-state index contributed by atoms with van der Waals surface area (Å²) < 4.78 is 5.39. The molecule has 0 atom stereocenters. The van der Waals surface area contributed by atoms with E-state index in [2.05, 4.69) is 19.1 Å². The fourth-order valence-corrected chi connectivity index (χ4v) is 1.82. The van der Waals surface area contributed by atoms with E-state index in [1.807, 2.05) is 5.06 Å². The number of hydrogen-bond donors (Lipinski definition) is 1. The third-order valence-electron chi connectivity index (χ3n) is 2.76. The van der Waals surface area contributed by atoms with Crippen molar-refractivity contribution in [2.24, 2.45) is 5.73 Å². The number of hydrogen-bond acceptors (Lipinski definition) is 4. The molecule has 2 N–H and O–H groups in total. The van der Waals surface area contributed by atoms with Crippen molar-refractivity contribution in [2.75, 3.05) is 26.8 Å². The van der Waals surface area contributed by atoms with Gasteiger partial charge in [-0.3, -0.25) is 4.84 Å². The molecule has 1 aliphatic heterocycles. The van der Waals surface area contributed by atoms with Crippen LogP contribution in [0.15, 0.2) is 23.6 Å². The molecule has 1 rings (SSSR count). The minimum absolute atomic E-state index is 0.720. The molecular weight excluding hydrogens is 216 g/mol. The summed E-state index contributed by atoms with van der Waals surface area (Å²) in [4.78, 5) is 5.72. The van der Waals surface area contributed by atoms with Crippen LogP contribution in [0, 0.1) is 0 Å². The van der Waals surface area contributed by atoms with Crippen molar-refractivity contribution >= 4 is 0 Å². The zero-order chi connectivity index (χ0) is 12.5. The van der Waals surface area contributed by atoms with Gasteiger partial charge in [-0.1, -0.05) is 19.1 Å². The topological polar surface area (TPSA) is 47.7 Å². The predicted octanol–water partition coefficient (Wildman–Crippen LogP) is 2.19. The molecule has 0 fully saturated rings. The first-order valence-electron chi connectivity index (χ1n) is 6.37. The minimum atomic E-state index is 0.720. The minimum Gasteiger partial charge on any atom is -0.481 e. The summed E-state index contributed by atoms with van der Waals surface area (Å²) in [5.41, 5.74) is 6.63. The summed E-state index contributed by atoms with van der Waals surface area (Å²) in [5, 5.41) is 1.83. The quantitative estimate of drug-likeness (QED) is 0.661. The fraction of sp³-hybridized carbons (Fsp3) is 0.692. The molecular formula is C13H24N2O2. The van der Waals surface area contributed by atoms with Crippen LogP contribution in [0.5, 0.6) is 0 Å². The largest absolute Gasteiger partial charge is 0.481 e. The van der Waals surface area contributed by atoms with Crippen molar-refractivity contribution in [2.45, 2.75) is 32.6 Å². The Hall–Kier alpha value is -1.00. The molecule has 0 saturated carbocycles. The van der Waals surface area contributed by atoms with Gasteiger partial charge in [0.05, 0.1) is 20.3 Å². The Balaban J connectivity index is 2.37. The van der Waals surface area contributed by atoms with Crippen LogP contribution in [0.1, 0.15) is 32.6 Å². The van der Waals surface area contributed by atoms with Crippen molar-refractivity contribution in [3.63, 3.8) is 0 Å². The van der Waals surface area contributed by atoms with E-state index in [1.165, 1.54) is 5.57 Å². The molecule has 0 radical (unpaired) electrons. The zero-order valence-corrected chi connectivity index (χ0v) is 10.9. The number of nitrogens with zero attached hydrogens (tertiary/aromatic N) is 1. The second-order valence-corrected chi connectivity index (χ2v) is 4.03. The molecule has 0 bridgehead atoms. The van der Waals surface area contributed by atoms with Gasteiger partial charge in [-0.2, -0.15) is 0 Å². The van der Waals surface area contributed by atoms with E-state index in [1.54, 1.807) is 7.11 Å². The van der Waals surface area contributed by atoms with Crippen molar-refractivity contribution in [1.29, 1.82) is 0 Å². The maximum atomic E-state index is 5.72. The molecule has 0 saturated heterocycles. The predicted molar refractivity (Wildman–Crippen MR) is 69.0 cm³/mol. The van der Waals surface area contributed by atoms with Gasteiger partial charge in [0.2, 0.25) is 5.88 Å². The van der Waals surface area contributed by atoms with Crippen molar-refractivity contribution in [3.05, 3.63) is 23.6 Å². The van der Waals surface area contributed by atoms with Gasteiger partial charge in [-0.15, -0.1) is 0 Å². The Labute approximate surface area is 104 Å². The van der Waals surface area contributed by atoms with Gasteiger partial charge >= 0.3 is 0 Å². The zero-order valence-electron chi connectivity index (χ0n) is 10.9. The van der Waals surface area contributed by atoms with Crippen LogP contribution in [0.4, 0.5) is 0 Å². The second-order valence-electron chi connectivity index (χ2n) is 4.03. The van der Waals surface area contributed by atoms with E-state index in [4.69, 9.17) is 15.3 Å². The number of nitrogens with two attached hydrogens (primary N) is 1. The molecule has 0 aromatic rings. The number of methoxy groups -OCH3 is 1. The second kappa shape index (κ2) is 8.14. The number of rotatable bonds is 8. The molecule has 0 aliphatic carbocycles. The summed E-state index contributed by atoms with van der Waals surface area (Å²) in [6.07, 6.45) is 8.38. The highest BCUT2D eigenvalue weighted by Gasteiger charge is 2.16. The number of ether oxygens (including phenoxy) is 1. The average molecular weight is 240 g/mol. The summed E-state index contributed by atoms with van der Waals surface area (Å²) in [6, 6.07) is 0. The molecule has 1 aliphatic rings. The Kier molecular flexibility index (Phi) is 6.74. The van der Waals surface area contributed by atoms with Gasteiger partial charge < -0.3 is 10.5 Å². The molecule has 0 aromatic heterocycles. The van der Waals surface area contributed by atoms with E-state index < -0.39 is 0 Å². The third-order valence-corrected chi connectivity index (χ3v) is 2.76. The number of hydroxylamine groups is 2. The molecule has 17 heavy (non-hydrogen) atoms. The summed E-state index contributed by atoms with van der Waals surface area (Å²) >= 11 is 0. The Bertz CT molecular complexity index is 275. The van der Waals surface area contributed by atoms with Crippen molar-refractivity contribution < 1.29 is 9.57 Å². The van der Waals surface area contributed by atoms with E-state index in [0.717, 1.165) is 51.3 Å². The van der Waals surface area contributed by atoms with Crippen LogP contribution in [-0.4, -0.2) is 31.9 Å². The smallest absolute Gasteiger partial charge is 0.216 e. The summed E-state index contributed by atoms with van der Waals surface area (Å²) in [6.45, 7) is 4.35. The van der Waals surface area contributed by atoms with Crippen LogP contribution >= 0.6 is 0 Å². The van der Waals surface area contributed by atoms with E-state index in [9.17, 15) is 0 Å². The first-order valence-corrected chi connectivity index (χ1v) is 6.37. The third kappa shape index (κ3) is 4.40. The lowest BCUT2D eigenvalue weighted by molar-refractivity contribution is -0.158. The standard InChI is InChI=1S/C13H24N2O2/c1-3-12-8-7-10-15(13(12)16-2)17-11-6-4-5-9-14/h7-8H,3-6,9-11,14H2,1-2H3. The molecule has 0 spiro atoms. The van der Waals surface area contributed by atoms with Gasteiger partial charge in [0.15, 0.2) is 0 Å². The van der Waals surface area contributed by atoms with Crippen LogP contribution in [-0.2, 0) is 9.57 Å². The van der Waals surface area contributed by atoms with E-state index in [0.29, 0.717) is 0 Å². The highest BCUT2D eigenvalue weighted by molar-refractivity contribution is 5.24. The molecule has 0 aromatic carbocycles. The van der Waals surface area contributed by atoms with Crippen LogP contribution < -0.4 is 5.73 Å². The number of unbranched alkanes of at least 4 members (excludes halogenated alkanes) is 2. The highest BCUT2D eigenvalue weighted by atomic mass is 16.7. The van der Waals surface area contributed by atoms with Crippen LogP contribution in [0.2, 0.25) is 0 Å². The van der Waals surface area contributed by atoms with E-state index >= 15 is 0 Å². The Morgan fingerprint density at radius 1 is 1.35 bits per heavy atom. The normalized spacial score (nSPS) is 15.6. The van der Waals surface area contributed by atoms with Gasteiger partial charge in [-0.05, 0) is 32.2 Å². The maximum Gasteiger partial charge on any atom is 0.216 e. The van der Waals surface area contributed by atoms with Gasteiger partial charge in [0, 0.05) is 5.57 Å². The lowest BCUT2D eigenvalue weighted by Gasteiger charge is -2.28. The first-order chi connectivity index (χ1) is 8.33. The Morgan fingerprint density at radius 2 is 2.18 bits per heavy atom. The monoisotopic (exact) mass is 240 g/mol. The summed E-state index contributed by atoms with van der Waals surface area (Å²) in [7, 11) is 1.69. The highest BCUT2D eigenvalue weighted by Crippen LogP contribution is 2.20. The molecule has 0 unspecified atom stereocenters. The number of allylic oxidation sites excluding steroid dienone is 2. The van der Waals surface area contributed by atoms with Crippen LogP contribution in [0.3, 0.4) is 0 Å². The van der Waals surface area contributed by atoms with Crippen LogP contribution in [0.25, 0.3) is 0 Å². The van der Waals surface area contributed by atoms with Gasteiger partial charge in [0.1, 0.15) is 0 Å². The first kappa shape index (κ1) is 14.1. The summed E-state index contributed by atoms with van der Waals surface area (Å²) in [5.74, 6) is 0.842. The van der Waals surface area contributed by atoms with Crippen molar-refractivity contribution in [3.8, 4) is 0 Å². The molecule has 4 heteroatoms. The SMILES string of the molecule is CCC1=C(OC)N(OCCCCCN)CC=C1. The average Bonchev–Trinajstić information content (AvgIpc) is 2.38. The molecule has 98 valence electrons. The maximum absolute atomic E-state index is 5.72. The van der Waals surface area contributed by atoms with Gasteiger partial charge in [0.25, 0.3) is 0 Å². The molecule has 4 nitrogen and oxygen atoms in total. The van der Waals surface area contributed by atoms with E-state index in [-0.39, 0.29) is 0 Å². The molecule has 1 heterocycles. The van der Waals surface area contributed by atoms with Gasteiger partial charge in [-0.25, -0.2) is 5.06 Å². The lowest BCUT2D eigenvalue weighted by Crippen LogP contribution is -2.28. The lowest BCUT2D eigenvalue weighted by atomic mass is 10.1. The molecule has 0 amide bonds. The Morgan fingerprint density at radius 3 is 2.82 bits per heavy atom. The van der Waals surface area contributed by atoms with Crippen molar-refractivity contribution in [1.82, 2.24) is 5.06 Å².